The molecule has 0 radical (unpaired) electrons. The average Bonchev–Trinajstić information content (AvgIpc) is 2.95. The molecule has 0 aromatic heterocycles. The van der Waals surface area contributed by atoms with E-state index < -0.39 is 17.4 Å². The maximum Gasteiger partial charge on any atom is 0.331 e. The van der Waals surface area contributed by atoms with E-state index in [1.54, 1.807) is 6.08 Å². The average molecular weight is 619 g/mol. The van der Waals surface area contributed by atoms with Gasteiger partial charge in [-0.15, -0.1) is 0 Å². The summed E-state index contributed by atoms with van der Waals surface area (Å²) in [5.41, 5.74) is 1.33. The molecule has 246 valence electrons. The summed E-state index contributed by atoms with van der Waals surface area (Å²) in [5.74, 6) is 0.792. The van der Waals surface area contributed by atoms with E-state index in [1.807, 2.05) is 0 Å². The number of hydrogen-bond acceptors (Lipinski definition) is 5. The van der Waals surface area contributed by atoms with Crippen LogP contribution in [0.5, 0.6) is 11.5 Å². The van der Waals surface area contributed by atoms with Crippen molar-refractivity contribution in [3.8, 4) is 11.5 Å². The smallest absolute Gasteiger partial charge is 0.331 e. The molecule has 5 aliphatic rings. The number of rotatable bonds is 4. The monoisotopic (exact) mass is 618 g/mol. The first kappa shape index (κ1) is 32.2. The van der Waals surface area contributed by atoms with Gasteiger partial charge in [0, 0.05) is 17.6 Å². The van der Waals surface area contributed by atoms with Gasteiger partial charge in [-0.25, -0.2) is 4.79 Å². The number of carboxylic acid groups (broad SMARTS) is 1. The van der Waals surface area contributed by atoms with Crippen LogP contribution in [0.4, 0.5) is 0 Å². The minimum absolute atomic E-state index is 0.0165. The largest absolute Gasteiger partial charge is 0.508 e. The van der Waals surface area contributed by atoms with Crippen molar-refractivity contribution in [1.29, 1.82) is 0 Å². The highest BCUT2D eigenvalue weighted by Gasteiger charge is 2.69. The third kappa shape index (κ3) is 4.62. The Morgan fingerprint density at radius 1 is 0.867 bits per heavy atom. The number of allylic oxidation sites excluding steroid dienone is 2. The molecule has 45 heavy (non-hydrogen) atoms. The van der Waals surface area contributed by atoms with E-state index >= 15 is 0 Å². The standard InChI is InChI=1S/C39H54O6/c1-23-12-17-39(34(43)44)19-18-37(6)28(33(39)24(23)2)9-10-30-36(5)15-14-31(35(3,4)29(36)13-16-38(30,37)7)45-32(42)11-8-25-20-26(40)22-27(41)21-25/h8-9,11,20-24,29-31,33,40-41H,10,12-19H2,1-7H3,(H,43,44)/b11-8+/t23-,24+,29?,30?,31+,33?,36+,37-,38-,39+/m1/s1. The summed E-state index contributed by atoms with van der Waals surface area (Å²) in [4.78, 5) is 26.0. The molecular formula is C39H54O6. The van der Waals surface area contributed by atoms with Crippen molar-refractivity contribution in [2.45, 2.75) is 112 Å². The van der Waals surface area contributed by atoms with Gasteiger partial charge in [0.05, 0.1) is 5.41 Å². The molecule has 4 fully saturated rings. The lowest BCUT2D eigenvalue weighted by molar-refractivity contribution is -0.213. The van der Waals surface area contributed by atoms with Crippen LogP contribution in [0.2, 0.25) is 0 Å². The number of aromatic hydroxyl groups is 2. The SMILES string of the molecule is C[C@@H]1CC[C@]2(C(=O)O)CC[C@]3(C)C(=CCC4[C@@]5(C)CC[C@H](OC(=O)/C=C/c6cc(O)cc(O)c6)C(C)(C)C5CC[C@]43C)C2[C@H]1C. The van der Waals surface area contributed by atoms with Crippen LogP contribution < -0.4 is 0 Å². The zero-order valence-electron chi connectivity index (χ0n) is 28.4. The molecule has 6 nitrogen and oxygen atoms in total. The Kier molecular flexibility index (Phi) is 7.61. The quantitative estimate of drug-likeness (QED) is 0.177. The van der Waals surface area contributed by atoms with Gasteiger partial charge in [-0.05, 0) is 127 Å². The summed E-state index contributed by atoms with van der Waals surface area (Å²) in [6, 6.07) is 4.24. The molecule has 0 bridgehead atoms. The fourth-order valence-electron chi connectivity index (χ4n) is 12.1. The van der Waals surface area contributed by atoms with E-state index in [9.17, 15) is 24.9 Å². The highest BCUT2D eigenvalue weighted by Crippen LogP contribution is 2.75. The van der Waals surface area contributed by atoms with Crippen LogP contribution >= 0.6 is 0 Å². The Hall–Kier alpha value is -2.76. The Morgan fingerprint density at radius 2 is 1.56 bits per heavy atom. The molecule has 5 aliphatic carbocycles. The normalized spacial score (nSPS) is 43.7. The first-order valence-electron chi connectivity index (χ1n) is 17.4. The van der Waals surface area contributed by atoms with Gasteiger partial charge in [0.25, 0.3) is 0 Å². The van der Waals surface area contributed by atoms with E-state index in [1.165, 1.54) is 29.8 Å². The number of ether oxygens (including phenoxy) is 1. The van der Waals surface area contributed by atoms with Crippen LogP contribution in [-0.4, -0.2) is 33.4 Å². The number of benzene rings is 1. The van der Waals surface area contributed by atoms with Gasteiger partial charge in [-0.1, -0.05) is 60.1 Å². The fourth-order valence-corrected chi connectivity index (χ4v) is 12.1. The molecule has 1 aromatic carbocycles. The molecule has 3 N–H and O–H groups in total. The molecule has 0 spiro atoms. The topological polar surface area (TPSA) is 104 Å². The van der Waals surface area contributed by atoms with E-state index in [0.717, 1.165) is 57.8 Å². The minimum Gasteiger partial charge on any atom is -0.508 e. The van der Waals surface area contributed by atoms with Gasteiger partial charge in [0.15, 0.2) is 0 Å². The molecule has 6 heteroatoms. The second-order valence-electron chi connectivity index (χ2n) is 17.0. The molecule has 0 heterocycles. The summed E-state index contributed by atoms with van der Waals surface area (Å²) < 4.78 is 6.15. The van der Waals surface area contributed by atoms with Crippen molar-refractivity contribution in [2.24, 2.45) is 56.7 Å². The number of phenols is 2. The Bertz CT molecular complexity index is 1420. The van der Waals surface area contributed by atoms with Crippen LogP contribution in [0.25, 0.3) is 6.08 Å². The molecule has 3 unspecified atom stereocenters. The van der Waals surface area contributed by atoms with Gasteiger partial charge in [-0.3, -0.25) is 4.79 Å². The summed E-state index contributed by atoms with van der Waals surface area (Å²) in [6.07, 6.45) is 13.8. The number of fused-ring (bicyclic) bond motifs is 7. The van der Waals surface area contributed by atoms with Gasteiger partial charge in [0.2, 0.25) is 0 Å². The minimum atomic E-state index is -0.624. The number of aliphatic carboxylic acids is 1. The summed E-state index contributed by atoms with van der Waals surface area (Å²) >= 11 is 0. The molecule has 6 rings (SSSR count). The number of esters is 1. The van der Waals surface area contributed by atoms with Crippen LogP contribution in [0.15, 0.2) is 35.9 Å². The summed E-state index contributed by atoms with van der Waals surface area (Å²) in [5, 5.41) is 30.2. The zero-order valence-corrected chi connectivity index (χ0v) is 28.4. The molecule has 1 aromatic rings. The number of phenolic OH excluding ortho intramolecular Hbond substituents is 2. The van der Waals surface area contributed by atoms with Crippen LogP contribution in [0.3, 0.4) is 0 Å². The summed E-state index contributed by atoms with van der Waals surface area (Å²) in [6.45, 7) is 16.7. The lowest BCUT2D eigenvalue weighted by Gasteiger charge is -2.71. The summed E-state index contributed by atoms with van der Waals surface area (Å²) in [7, 11) is 0. The van der Waals surface area contributed by atoms with Gasteiger partial charge < -0.3 is 20.1 Å². The van der Waals surface area contributed by atoms with Gasteiger partial charge >= 0.3 is 11.9 Å². The van der Waals surface area contributed by atoms with Crippen molar-refractivity contribution in [2.75, 3.05) is 0 Å². The second-order valence-corrected chi connectivity index (χ2v) is 17.0. The lowest BCUT2D eigenvalue weighted by atomic mass is 9.33. The third-order valence-electron chi connectivity index (χ3n) is 14.9. The maximum atomic E-state index is 13.0. The lowest BCUT2D eigenvalue weighted by Crippen LogP contribution is -2.65. The molecule has 0 amide bonds. The van der Waals surface area contributed by atoms with Crippen molar-refractivity contribution < 1.29 is 29.6 Å². The molecule has 10 atom stereocenters. The Balaban J connectivity index is 1.26. The second kappa shape index (κ2) is 10.6. The number of carbonyl (C=O) groups excluding carboxylic acids is 1. The van der Waals surface area contributed by atoms with Crippen molar-refractivity contribution in [1.82, 2.24) is 0 Å². The zero-order chi connectivity index (χ0) is 32.7. The van der Waals surface area contributed by atoms with Crippen LogP contribution in [0, 0.1) is 56.7 Å². The molecular weight excluding hydrogens is 564 g/mol. The highest BCUT2D eigenvalue weighted by atomic mass is 16.5. The Morgan fingerprint density at radius 3 is 2.22 bits per heavy atom. The van der Waals surface area contributed by atoms with Crippen LogP contribution in [0.1, 0.15) is 112 Å². The van der Waals surface area contributed by atoms with E-state index in [4.69, 9.17) is 4.74 Å². The van der Waals surface area contributed by atoms with E-state index in [-0.39, 0.29) is 45.2 Å². The number of carbonyl (C=O) groups is 2. The Labute approximate surface area is 269 Å². The van der Waals surface area contributed by atoms with Crippen molar-refractivity contribution in [3.05, 3.63) is 41.5 Å². The molecule has 0 saturated heterocycles. The number of carboxylic acids is 1. The highest BCUT2D eigenvalue weighted by molar-refractivity contribution is 5.87. The predicted octanol–water partition coefficient (Wildman–Crippen LogP) is 8.77. The third-order valence-corrected chi connectivity index (χ3v) is 14.9. The maximum absolute atomic E-state index is 13.0. The first-order chi connectivity index (χ1) is 21.0. The molecule has 4 saturated carbocycles. The predicted molar refractivity (Wildman–Crippen MR) is 175 cm³/mol. The number of hydrogen-bond donors (Lipinski definition) is 3. The van der Waals surface area contributed by atoms with Crippen LogP contribution in [-0.2, 0) is 14.3 Å². The van der Waals surface area contributed by atoms with Crippen molar-refractivity contribution in [3.63, 3.8) is 0 Å². The van der Waals surface area contributed by atoms with Gasteiger partial charge in [-0.2, -0.15) is 0 Å². The van der Waals surface area contributed by atoms with E-state index in [0.29, 0.717) is 29.2 Å². The fraction of sp³-hybridized carbons (Fsp3) is 0.692. The van der Waals surface area contributed by atoms with Crippen molar-refractivity contribution >= 4 is 18.0 Å². The molecule has 0 aliphatic heterocycles. The van der Waals surface area contributed by atoms with E-state index in [2.05, 4.69) is 54.5 Å². The first-order valence-corrected chi connectivity index (χ1v) is 17.4. The van der Waals surface area contributed by atoms with Gasteiger partial charge in [0.1, 0.15) is 17.6 Å².